The van der Waals surface area contributed by atoms with E-state index >= 15 is 0 Å². The van der Waals surface area contributed by atoms with Gasteiger partial charge in [-0.15, -0.1) is 5.10 Å². The van der Waals surface area contributed by atoms with Crippen molar-refractivity contribution in [1.82, 2.24) is 9.59 Å². The van der Waals surface area contributed by atoms with Crippen LogP contribution in [0.15, 0.2) is 27.1 Å². The zero-order valence-corrected chi connectivity index (χ0v) is 12.0. The third kappa shape index (κ3) is 2.72. The third-order valence-electron chi connectivity index (χ3n) is 1.84. The molecule has 1 heterocycles. The highest BCUT2D eigenvalue weighted by Gasteiger charge is 2.07. The number of anilines is 1. The number of nitrogen functional groups attached to an aromatic ring is 1. The molecular formula is C9H7Br2N3OS. The number of rotatable bonds is 3. The van der Waals surface area contributed by atoms with Crippen molar-refractivity contribution in [2.24, 2.45) is 0 Å². The summed E-state index contributed by atoms with van der Waals surface area (Å²) in [7, 11) is 0. The molecule has 1 aromatic carbocycles. The molecule has 84 valence electrons. The zero-order chi connectivity index (χ0) is 11.5. The van der Waals surface area contributed by atoms with Crippen LogP contribution < -0.4 is 10.5 Å². The van der Waals surface area contributed by atoms with Gasteiger partial charge in [0.25, 0.3) is 0 Å². The van der Waals surface area contributed by atoms with Crippen LogP contribution in [0.5, 0.6) is 5.75 Å². The molecule has 0 saturated carbocycles. The van der Waals surface area contributed by atoms with Gasteiger partial charge in [0, 0.05) is 16.0 Å². The van der Waals surface area contributed by atoms with Crippen molar-refractivity contribution in [3.63, 3.8) is 0 Å². The van der Waals surface area contributed by atoms with Crippen LogP contribution in [-0.2, 0) is 6.61 Å². The standard InChI is InChI=1S/C9H7Br2N3OS/c10-5-1-2-8(6(11)3-5)15-4-7-9(12)16-14-13-7/h1-3H,4,12H2. The molecule has 1 aromatic heterocycles. The molecule has 0 saturated heterocycles. The third-order valence-corrected chi connectivity index (χ3v) is 3.55. The summed E-state index contributed by atoms with van der Waals surface area (Å²) in [6.07, 6.45) is 0. The van der Waals surface area contributed by atoms with Gasteiger partial charge in [-0.05, 0) is 34.1 Å². The second-order valence-corrected chi connectivity index (χ2v) is 5.50. The summed E-state index contributed by atoms with van der Waals surface area (Å²) in [5.41, 5.74) is 6.33. The minimum atomic E-state index is 0.322. The lowest BCUT2D eigenvalue weighted by Gasteiger charge is -2.06. The van der Waals surface area contributed by atoms with Gasteiger partial charge in [-0.2, -0.15) is 0 Å². The van der Waals surface area contributed by atoms with Crippen LogP contribution in [-0.4, -0.2) is 9.59 Å². The lowest BCUT2D eigenvalue weighted by molar-refractivity contribution is 0.300. The van der Waals surface area contributed by atoms with Gasteiger partial charge in [0.05, 0.1) is 4.47 Å². The minimum Gasteiger partial charge on any atom is -0.486 e. The number of halogens is 2. The quantitative estimate of drug-likeness (QED) is 0.908. The number of ether oxygens (including phenoxy) is 1. The Morgan fingerprint density at radius 2 is 2.19 bits per heavy atom. The summed E-state index contributed by atoms with van der Waals surface area (Å²) in [5, 5.41) is 4.46. The smallest absolute Gasteiger partial charge is 0.136 e. The maximum absolute atomic E-state index is 5.66. The zero-order valence-electron chi connectivity index (χ0n) is 7.98. The van der Waals surface area contributed by atoms with Gasteiger partial charge >= 0.3 is 0 Å². The molecule has 0 unspecified atom stereocenters. The van der Waals surface area contributed by atoms with E-state index in [1.54, 1.807) is 0 Å². The lowest BCUT2D eigenvalue weighted by Crippen LogP contribution is -1.99. The molecule has 4 nitrogen and oxygen atoms in total. The van der Waals surface area contributed by atoms with Crippen LogP contribution in [0.1, 0.15) is 5.69 Å². The fourth-order valence-electron chi connectivity index (χ4n) is 1.05. The lowest BCUT2D eigenvalue weighted by atomic mass is 10.3. The van der Waals surface area contributed by atoms with Crippen LogP contribution in [0, 0.1) is 0 Å². The van der Waals surface area contributed by atoms with Gasteiger partial charge in [0.15, 0.2) is 0 Å². The Morgan fingerprint density at radius 1 is 1.38 bits per heavy atom. The van der Waals surface area contributed by atoms with Crippen LogP contribution >= 0.6 is 43.4 Å². The first-order valence-electron chi connectivity index (χ1n) is 4.31. The number of aromatic nitrogens is 2. The Hall–Kier alpha value is -0.660. The largest absolute Gasteiger partial charge is 0.486 e. The second kappa shape index (κ2) is 5.11. The molecular weight excluding hydrogens is 358 g/mol. The summed E-state index contributed by atoms with van der Waals surface area (Å²) in [6, 6.07) is 5.69. The molecule has 0 amide bonds. The van der Waals surface area contributed by atoms with Crippen molar-refractivity contribution >= 4 is 48.4 Å². The highest BCUT2D eigenvalue weighted by molar-refractivity contribution is 9.11. The predicted octanol–water partition coefficient (Wildman–Crippen LogP) is 3.22. The van der Waals surface area contributed by atoms with Crippen LogP contribution in [0.2, 0.25) is 0 Å². The Labute approximate surface area is 113 Å². The first kappa shape index (κ1) is 11.8. The van der Waals surface area contributed by atoms with Gasteiger partial charge < -0.3 is 10.5 Å². The molecule has 0 spiro atoms. The highest BCUT2D eigenvalue weighted by Crippen LogP contribution is 2.29. The summed E-state index contributed by atoms with van der Waals surface area (Å²) in [4.78, 5) is 0. The predicted molar refractivity (Wildman–Crippen MR) is 70.5 cm³/mol. The summed E-state index contributed by atoms with van der Waals surface area (Å²) >= 11 is 7.95. The van der Waals surface area contributed by atoms with E-state index in [0.29, 0.717) is 17.3 Å². The van der Waals surface area contributed by atoms with Gasteiger partial charge in [-0.1, -0.05) is 20.4 Å². The van der Waals surface area contributed by atoms with Gasteiger partial charge in [-0.25, -0.2) is 0 Å². The number of hydrogen-bond donors (Lipinski definition) is 1. The summed E-state index contributed by atoms with van der Waals surface area (Å²) < 4.78 is 11.2. The van der Waals surface area contributed by atoms with Gasteiger partial charge in [-0.3, -0.25) is 0 Å². The molecule has 2 rings (SSSR count). The van der Waals surface area contributed by atoms with E-state index in [4.69, 9.17) is 10.5 Å². The maximum atomic E-state index is 5.66. The normalized spacial score (nSPS) is 10.4. The van der Waals surface area contributed by atoms with Crippen molar-refractivity contribution in [2.45, 2.75) is 6.61 Å². The van der Waals surface area contributed by atoms with E-state index < -0.39 is 0 Å². The van der Waals surface area contributed by atoms with Crippen LogP contribution in [0.4, 0.5) is 5.00 Å². The second-order valence-electron chi connectivity index (χ2n) is 2.95. The molecule has 7 heteroatoms. The topological polar surface area (TPSA) is 61.0 Å². The van der Waals surface area contributed by atoms with E-state index in [0.717, 1.165) is 26.2 Å². The molecule has 0 atom stereocenters. The van der Waals surface area contributed by atoms with Gasteiger partial charge in [0.2, 0.25) is 0 Å². The van der Waals surface area contributed by atoms with Crippen molar-refractivity contribution < 1.29 is 4.74 Å². The van der Waals surface area contributed by atoms with Crippen molar-refractivity contribution in [3.8, 4) is 5.75 Å². The average molecular weight is 365 g/mol. The maximum Gasteiger partial charge on any atom is 0.136 e. The Kier molecular flexibility index (Phi) is 3.78. The van der Waals surface area contributed by atoms with Gasteiger partial charge in [0.1, 0.15) is 23.1 Å². The first-order valence-corrected chi connectivity index (χ1v) is 6.67. The average Bonchev–Trinajstić information content (AvgIpc) is 2.63. The number of nitrogens with zero attached hydrogens (tertiary/aromatic N) is 2. The fraction of sp³-hybridized carbons (Fsp3) is 0.111. The van der Waals surface area contributed by atoms with Crippen molar-refractivity contribution in [1.29, 1.82) is 0 Å². The first-order chi connectivity index (χ1) is 7.66. The van der Waals surface area contributed by atoms with Crippen LogP contribution in [0.25, 0.3) is 0 Å². The van der Waals surface area contributed by atoms with E-state index in [1.807, 2.05) is 18.2 Å². The number of benzene rings is 1. The van der Waals surface area contributed by atoms with E-state index in [9.17, 15) is 0 Å². The van der Waals surface area contributed by atoms with Crippen molar-refractivity contribution in [3.05, 3.63) is 32.8 Å². The Bertz CT molecular complexity index is 503. The number of hydrogen-bond acceptors (Lipinski definition) is 5. The molecule has 0 radical (unpaired) electrons. The summed E-state index contributed by atoms with van der Waals surface area (Å²) in [6.45, 7) is 0.322. The van der Waals surface area contributed by atoms with E-state index in [-0.39, 0.29) is 0 Å². The molecule has 0 aliphatic rings. The van der Waals surface area contributed by atoms with Crippen molar-refractivity contribution in [2.75, 3.05) is 5.73 Å². The summed E-state index contributed by atoms with van der Waals surface area (Å²) in [5.74, 6) is 0.746. The molecule has 0 aliphatic heterocycles. The molecule has 0 bridgehead atoms. The molecule has 2 N–H and O–H groups in total. The van der Waals surface area contributed by atoms with Crippen LogP contribution in [0.3, 0.4) is 0 Å². The van der Waals surface area contributed by atoms with E-state index in [1.165, 1.54) is 0 Å². The molecule has 2 aromatic rings. The molecule has 0 fully saturated rings. The van der Waals surface area contributed by atoms with E-state index in [2.05, 4.69) is 41.4 Å². The monoisotopic (exact) mass is 363 g/mol. The Balaban J connectivity index is 2.08. The molecule has 0 aliphatic carbocycles. The number of nitrogens with two attached hydrogens (primary N) is 1. The Morgan fingerprint density at radius 3 is 2.81 bits per heavy atom. The fourth-order valence-corrected chi connectivity index (χ4v) is 2.65. The minimum absolute atomic E-state index is 0.322. The highest BCUT2D eigenvalue weighted by atomic mass is 79.9. The SMILES string of the molecule is Nc1snnc1COc1ccc(Br)cc1Br. The molecule has 16 heavy (non-hydrogen) atoms.